The second kappa shape index (κ2) is 5.78. The zero-order valence-electron chi connectivity index (χ0n) is 10.1. The normalized spacial score (nSPS) is 23.4. The van der Waals surface area contributed by atoms with E-state index in [4.69, 9.17) is 5.73 Å². The first-order valence-corrected chi connectivity index (χ1v) is 6.15. The number of carbonyl (C=O) groups excluding carboxylic acids is 1. The first-order valence-electron chi connectivity index (χ1n) is 6.15. The lowest BCUT2D eigenvalue weighted by atomic mass is 10.2. The van der Waals surface area contributed by atoms with Gasteiger partial charge in [-0.05, 0) is 43.0 Å². The lowest BCUT2D eigenvalue weighted by molar-refractivity contribution is -0.117. The summed E-state index contributed by atoms with van der Waals surface area (Å²) in [4.78, 5) is 11.7. The van der Waals surface area contributed by atoms with Gasteiger partial charge in [0.05, 0.1) is 0 Å². The molecule has 3 nitrogen and oxygen atoms in total. The summed E-state index contributed by atoms with van der Waals surface area (Å²) in [5.74, 6) is -0.435. The first-order chi connectivity index (χ1) is 8.65. The molecule has 1 amide bonds. The van der Waals surface area contributed by atoms with Crippen LogP contribution < -0.4 is 11.1 Å². The topological polar surface area (TPSA) is 55.1 Å². The van der Waals surface area contributed by atoms with Crippen molar-refractivity contribution in [2.24, 2.45) is 5.73 Å². The Bertz CT molecular complexity index is 442. The lowest BCUT2D eigenvalue weighted by Gasteiger charge is -2.15. The molecule has 4 heteroatoms. The number of hydrogen-bond donors (Lipinski definition) is 2. The maximum atomic E-state index is 12.7. The number of nitrogens with one attached hydrogen (secondary N) is 1. The Kier molecular flexibility index (Phi) is 4.10. The standard InChI is InChI=1S/C14H17FN2O/c15-11-7-4-10(5-8-11)6-9-14(18)17-13-3-1-2-12(13)16/h4-9,12-13H,1-3,16H2,(H,17,18). The molecule has 18 heavy (non-hydrogen) atoms. The van der Waals surface area contributed by atoms with Crippen molar-refractivity contribution in [2.75, 3.05) is 0 Å². The number of halogens is 1. The average Bonchev–Trinajstić information content (AvgIpc) is 2.74. The quantitative estimate of drug-likeness (QED) is 0.802. The molecule has 1 aliphatic carbocycles. The third-order valence-corrected chi connectivity index (χ3v) is 3.19. The smallest absolute Gasteiger partial charge is 0.244 e. The van der Waals surface area contributed by atoms with E-state index in [-0.39, 0.29) is 23.8 Å². The van der Waals surface area contributed by atoms with E-state index in [0.29, 0.717) is 0 Å². The summed E-state index contributed by atoms with van der Waals surface area (Å²) < 4.78 is 12.7. The van der Waals surface area contributed by atoms with Gasteiger partial charge in [0.15, 0.2) is 0 Å². The second-order valence-electron chi connectivity index (χ2n) is 4.59. The van der Waals surface area contributed by atoms with Gasteiger partial charge in [0, 0.05) is 18.2 Å². The Labute approximate surface area is 106 Å². The van der Waals surface area contributed by atoms with Crippen molar-refractivity contribution in [3.8, 4) is 0 Å². The van der Waals surface area contributed by atoms with E-state index in [1.54, 1.807) is 18.2 Å². The minimum absolute atomic E-state index is 0.0631. The lowest BCUT2D eigenvalue weighted by Crippen LogP contribution is -2.43. The first kappa shape index (κ1) is 12.8. The Morgan fingerprint density at radius 1 is 1.33 bits per heavy atom. The van der Waals surface area contributed by atoms with Crippen LogP contribution in [-0.2, 0) is 4.79 Å². The van der Waals surface area contributed by atoms with Gasteiger partial charge < -0.3 is 11.1 Å². The number of nitrogens with two attached hydrogens (primary N) is 1. The van der Waals surface area contributed by atoms with E-state index in [0.717, 1.165) is 24.8 Å². The third kappa shape index (κ3) is 3.40. The van der Waals surface area contributed by atoms with Crippen LogP contribution in [0.3, 0.4) is 0 Å². The summed E-state index contributed by atoms with van der Waals surface area (Å²) in [5, 5.41) is 2.89. The Morgan fingerprint density at radius 2 is 2.06 bits per heavy atom. The minimum Gasteiger partial charge on any atom is -0.348 e. The van der Waals surface area contributed by atoms with Crippen LogP contribution in [0.4, 0.5) is 4.39 Å². The molecule has 0 saturated heterocycles. The number of benzene rings is 1. The van der Waals surface area contributed by atoms with Crippen LogP contribution in [0.5, 0.6) is 0 Å². The highest BCUT2D eigenvalue weighted by molar-refractivity contribution is 5.91. The molecule has 96 valence electrons. The predicted octanol–water partition coefficient (Wildman–Crippen LogP) is 1.83. The molecule has 0 heterocycles. The van der Waals surface area contributed by atoms with Crippen molar-refractivity contribution in [2.45, 2.75) is 31.3 Å². The fourth-order valence-electron chi connectivity index (χ4n) is 2.14. The summed E-state index contributed by atoms with van der Waals surface area (Å²) >= 11 is 0. The zero-order chi connectivity index (χ0) is 13.0. The molecule has 1 saturated carbocycles. The van der Waals surface area contributed by atoms with Crippen LogP contribution in [0.25, 0.3) is 6.08 Å². The summed E-state index contributed by atoms with van der Waals surface area (Å²) in [5.41, 5.74) is 6.66. The molecule has 0 radical (unpaired) electrons. The molecule has 0 aromatic heterocycles. The highest BCUT2D eigenvalue weighted by Gasteiger charge is 2.24. The van der Waals surface area contributed by atoms with Gasteiger partial charge in [-0.2, -0.15) is 0 Å². The third-order valence-electron chi connectivity index (χ3n) is 3.19. The molecule has 2 atom stereocenters. The molecule has 3 N–H and O–H groups in total. The van der Waals surface area contributed by atoms with Crippen molar-refractivity contribution in [1.29, 1.82) is 0 Å². The predicted molar refractivity (Wildman–Crippen MR) is 69.2 cm³/mol. The number of carbonyl (C=O) groups is 1. The van der Waals surface area contributed by atoms with Gasteiger partial charge in [0.25, 0.3) is 0 Å². The molecule has 0 aliphatic heterocycles. The van der Waals surface area contributed by atoms with E-state index < -0.39 is 0 Å². The van der Waals surface area contributed by atoms with Crippen LogP contribution in [0.1, 0.15) is 24.8 Å². The number of amides is 1. The average molecular weight is 248 g/mol. The molecule has 1 aromatic rings. The summed E-state index contributed by atoms with van der Waals surface area (Å²) in [6.07, 6.45) is 6.09. The molecular weight excluding hydrogens is 231 g/mol. The molecular formula is C14H17FN2O. The molecule has 0 spiro atoms. The van der Waals surface area contributed by atoms with Gasteiger partial charge in [0.2, 0.25) is 5.91 Å². The van der Waals surface area contributed by atoms with Crippen LogP contribution in [0, 0.1) is 5.82 Å². The van der Waals surface area contributed by atoms with E-state index in [1.807, 2.05) is 0 Å². The van der Waals surface area contributed by atoms with Crippen LogP contribution in [0.2, 0.25) is 0 Å². The Hall–Kier alpha value is -1.68. The fourth-order valence-corrected chi connectivity index (χ4v) is 2.14. The van der Waals surface area contributed by atoms with Crippen molar-refractivity contribution in [3.05, 3.63) is 41.7 Å². The molecule has 1 aromatic carbocycles. The van der Waals surface area contributed by atoms with Gasteiger partial charge in [0.1, 0.15) is 5.82 Å². The summed E-state index contributed by atoms with van der Waals surface area (Å²) in [7, 11) is 0. The van der Waals surface area contributed by atoms with Crippen molar-refractivity contribution in [3.63, 3.8) is 0 Å². The largest absolute Gasteiger partial charge is 0.348 e. The van der Waals surface area contributed by atoms with E-state index in [1.165, 1.54) is 18.2 Å². The van der Waals surface area contributed by atoms with Gasteiger partial charge in [-0.1, -0.05) is 12.1 Å². The van der Waals surface area contributed by atoms with Crippen LogP contribution >= 0.6 is 0 Å². The highest BCUT2D eigenvalue weighted by Crippen LogP contribution is 2.16. The zero-order valence-corrected chi connectivity index (χ0v) is 10.1. The second-order valence-corrected chi connectivity index (χ2v) is 4.59. The van der Waals surface area contributed by atoms with E-state index >= 15 is 0 Å². The van der Waals surface area contributed by atoms with Crippen LogP contribution in [-0.4, -0.2) is 18.0 Å². The SMILES string of the molecule is NC1CCCC1NC(=O)C=Cc1ccc(F)cc1. The van der Waals surface area contributed by atoms with Crippen molar-refractivity contribution >= 4 is 12.0 Å². The maximum Gasteiger partial charge on any atom is 0.244 e. The molecule has 0 bridgehead atoms. The Morgan fingerprint density at radius 3 is 2.67 bits per heavy atom. The van der Waals surface area contributed by atoms with E-state index in [2.05, 4.69) is 5.32 Å². The van der Waals surface area contributed by atoms with Crippen LogP contribution in [0.15, 0.2) is 30.3 Å². The molecule has 1 aliphatic rings. The van der Waals surface area contributed by atoms with Gasteiger partial charge >= 0.3 is 0 Å². The highest BCUT2D eigenvalue weighted by atomic mass is 19.1. The van der Waals surface area contributed by atoms with Gasteiger partial charge in [-0.15, -0.1) is 0 Å². The van der Waals surface area contributed by atoms with Crippen molar-refractivity contribution < 1.29 is 9.18 Å². The van der Waals surface area contributed by atoms with Crippen molar-refractivity contribution in [1.82, 2.24) is 5.32 Å². The molecule has 2 rings (SSSR count). The fraction of sp³-hybridized carbons (Fsp3) is 0.357. The number of rotatable bonds is 3. The summed E-state index contributed by atoms with van der Waals surface area (Å²) in [6.45, 7) is 0. The number of hydrogen-bond acceptors (Lipinski definition) is 2. The Balaban J connectivity index is 1.88. The molecule has 1 fully saturated rings. The molecule has 2 unspecified atom stereocenters. The minimum atomic E-state index is -0.284. The summed E-state index contributed by atoms with van der Waals surface area (Å²) in [6, 6.07) is 6.12. The maximum absolute atomic E-state index is 12.7. The van der Waals surface area contributed by atoms with Gasteiger partial charge in [-0.25, -0.2) is 4.39 Å². The van der Waals surface area contributed by atoms with E-state index in [9.17, 15) is 9.18 Å². The van der Waals surface area contributed by atoms with Gasteiger partial charge in [-0.3, -0.25) is 4.79 Å². The monoisotopic (exact) mass is 248 g/mol.